The molecule has 2 aliphatic heterocycles. The summed E-state index contributed by atoms with van der Waals surface area (Å²) in [4.78, 5) is 12.2. The number of benzene rings is 1. The molecule has 2 aliphatic rings. The lowest BCUT2D eigenvalue weighted by atomic mass is 9.84. The van der Waals surface area contributed by atoms with Crippen LogP contribution < -0.4 is 20.1 Å². The van der Waals surface area contributed by atoms with Gasteiger partial charge in [-0.2, -0.15) is 0 Å². The van der Waals surface area contributed by atoms with Gasteiger partial charge in [-0.05, 0) is 56.0 Å². The summed E-state index contributed by atoms with van der Waals surface area (Å²) < 4.78 is 11.3. The maximum atomic E-state index is 12.2. The van der Waals surface area contributed by atoms with E-state index in [4.69, 9.17) is 9.47 Å². The average molecular weight is 346 g/mol. The first-order valence-corrected chi connectivity index (χ1v) is 9.42. The Kier molecular flexibility index (Phi) is 5.84. The van der Waals surface area contributed by atoms with E-state index in [-0.39, 0.29) is 11.3 Å². The highest BCUT2D eigenvalue weighted by molar-refractivity contribution is 5.76. The zero-order valence-corrected chi connectivity index (χ0v) is 15.4. The van der Waals surface area contributed by atoms with Crippen LogP contribution in [0.2, 0.25) is 0 Å². The molecule has 0 spiro atoms. The molecule has 0 aliphatic carbocycles. The van der Waals surface area contributed by atoms with Crippen LogP contribution in [0.5, 0.6) is 11.5 Å². The second kappa shape index (κ2) is 8.09. The molecule has 0 atom stereocenters. The quantitative estimate of drug-likeness (QED) is 0.831. The minimum atomic E-state index is -0.153. The highest BCUT2D eigenvalue weighted by atomic mass is 16.6. The lowest BCUT2D eigenvalue weighted by Crippen LogP contribution is -2.37. The molecular formula is C20H30N2O3. The van der Waals surface area contributed by atoms with Crippen molar-refractivity contribution in [2.75, 3.05) is 32.8 Å². The Bertz CT molecular complexity index is 595. The van der Waals surface area contributed by atoms with Crippen molar-refractivity contribution in [3.8, 4) is 11.5 Å². The van der Waals surface area contributed by atoms with E-state index in [9.17, 15) is 4.79 Å². The number of carbonyl (C=O) groups excluding carboxylic acids is 1. The van der Waals surface area contributed by atoms with E-state index in [1.807, 2.05) is 12.1 Å². The number of nitrogens with one attached hydrogen (secondary N) is 2. The molecular weight excluding hydrogens is 316 g/mol. The van der Waals surface area contributed by atoms with Crippen LogP contribution >= 0.6 is 0 Å². The molecule has 0 aromatic heterocycles. The first kappa shape index (κ1) is 18.1. The molecule has 1 saturated heterocycles. The molecule has 2 N–H and O–H groups in total. The molecule has 1 fully saturated rings. The van der Waals surface area contributed by atoms with Crippen LogP contribution in [0, 0.1) is 5.92 Å². The lowest BCUT2D eigenvalue weighted by molar-refractivity contribution is -0.121. The SMILES string of the molecule is CC(C)(CNC(=O)CCC1CCNCC1)c1ccc2c(c1)OCCO2. The van der Waals surface area contributed by atoms with Gasteiger partial charge in [-0.25, -0.2) is 0 Å². The van der Waals surface area contributed by atoms with E-state index < -0.39 is 0 Å². The minimum absolute atomic E-state index is 0.153. The number of rotatable bonds is 6. The Morgan fingerprint density at radius 1 is 1.20 bits per heavy atom. The molecule has 5 nitrogen and oxygen atoms in total. The fourth-order valence-corrected chi connectivity index (χ4v) is 3.48. The van der Waals surface area contributed by atoms with Gasteiger partial charge in [0.25, 0.3) is 0 Å². The van der Waals surface area contributed by atoms with Gasteiger partial charge in [0.15, 0.2) is 11.5 Å². The van der Waals surface area contributed by atoms with Crippen molar-refractivity contribution < 1.29 is 14.3 Å². The molecule has 5 heteroatoms. The smallest absolute Gasteiger partial charge is 0.220 e. The summed E-state index contributed by atoms with van der Waals surface area (Å²) in [5, 5.41) is 6.48. The lowest BCUT2D eigenvalue weighted by Gasteiger charge is -2.28. The van der Waals surface area contributed by atoms with Crippen LogP contribution in [-0.2, 0) is 10.2 Å². The Labute approximate surface area is 150 Å². The third-order valence-corrected chi connectivity index (χ3v) is 5.29. The van der Waals surface area contributed by atoms with Crippen LogP contribution in [0.4, 0.5) is 0 Å². The van der Waals surface area contributed by atoms with Gasteiger partial charge in [0, 0.05) is 18.4 Å². The predicted molar refractivity (Wildman–Crippen MR) is 98.3 cm³/mol. The largest absolute Gasteiger partial charge is 0.486 e. The van der Waals surface area contributed by atoms with Gasteiger partial charge < -0.3 is 20.1 Å². The number of hydrogen-bond donors (Lipinski definition) is 2. The molecule has 25 heavy (non-hydrogen) atoms. The molecule has 0 bridgehead atoms. The molecule has 0 saturated carbocycles. The van der Waals surface area contributed by atoms with Gasteiger partial charge in [-0.15, -0.1) is 0 Å². The third-order valence-electron chi connectivity index (χ3n) is 5.29. The molecule has 1 amide bonds. The highest BCUT2D eigenvalue weighted by Crippen LogP contribution is 2.34. The van der Waals surface area contributed by atoms with Gasteiger partial charge >= 0.3 is 0 Å². The maximum absolute atomic E-state index is 12.2. The van der Waals surface area contributed by atoms with E-state index in [0.29, 0.717) is 32.1 Å². The third kappa shape index (κ3) is 4.88. The van der Waals surface area contributed by atoms with E-state index in [1.54, 1.807) is 0 Å². The summed E-state index contributed by atoms with van der Waals surface area (Å²) in [5.74, 6) is 2.45. The molecule has 0 unspecified atom stereocenters. The second-order valence-corrected chi connectivity index (χ2v) is 7.75. The van der Waals surface area contributed by atoms with Crippen molar-refractivity contribution in [1.82, 2.24) is 10.6 Å². The predicted octanol–water partition coefficient (Wildman–Crippen LogP) is 2.63. The topological polar surface area (TPSA) is 59.6 Å². The zero-order valence-electron chi connectivity index (χ0n) is 15.4. The Morgan fingerprint density at radius 2 is 1.92 bits per heavy atom. The molecule has 1 aromatic carbocycles. The number of ether oxygens (including phenoxy) is 2. The van der Waals surface area contributed by atoms with Crippen LogP contribution in [0.1, 0.15) is 45.1 Å². The Hall–Kier alpha value is -1.75. The number of hydrogen-bond acceptors (Lipinski definition) is 4. The average Bonchev–Trinajstić information content (AvgIpc) is 2.65. The Morgan fingerprint density at radius 3 is 2.68 bits per heavy atom. The summed E-state index contributed by atoms with van der Waals surface area (Å²) in [5.41, 5.74) is 0.996. The first-order valence-electron chi connectivity index (χ1n) is 9.42. The van der Waals surface area contributed by atoms with Crippen molar-refractivity contribution in [2.45, 2.75) is 44.9 Å². The Balaban J connectivity index is 1.49. The summed E-state index contributed by atoms with van der Waals surface area (Å²) in [6, 6.07) is 6.06. The standard InChI is InChI=1S/C20H30N2O3/c1-20(2,16-4-5-17-18(13-16)25-12-11-24-17)14-22-19(23)6-3-15-7-9-21-10-8-15/h4-5,13,15,21H,3,6-12,14H2,1-2H3,(H,22,23). The van der Waals surface area contributed by atoms with Gasteiger partial charge in [-0.3, -0.25) is 4.79 Å². The minimum Gasteiger partial charge on any atom is -0.486 e. The number of piperidine rings is 1. The van der Waals surface area contributed by atoms with Crippen molar-refractivity contribution in [1.29, 1.82) is 0 Å². The van der Waals surface area contributed by atoms with E-state index in [2.05, 4.69) is 30.5 Å². The molecule has 138 valence electrons. The molecule has 3 rings (SSSR count). The molecule has 0 radical (unpaired) electrons. The van der Waals surface area contributed by atoms with Crippen LogP contribution in [0.3, 0.4) is 0 Å². The van der Waals surface area contributed by atoms with Crippen LogP contribution in [0.15, 0.2) is 18.2 Å². The summed E-state index contributed by atoms with van der Waals surface area (Å²) >= 11 is 0. The highest BCUT2D eigenvalue weighted by Gasteiger charge is 2.24. The monoisotopic (exact) mass is 346 g/mol. The normalized spacial score (nSPS) is 18.0. The fraction of sp³-hybridized carbons (Fsp3) is 0.650. The maximum Gasteiger partial charge on any atom is 0.220 e. The van der Waals surface area contributed by atoms with E-state index in [0.717, 1.165) is 36.6 Å². The summed E-state index contributed by atoms with van der Waals surface area (Å²) in [6.45, 7) is 8.27. The fourth-order valence-electron chi connectivity index (χ4n) is 3.48. The number of amides is 1. The molecule has 1 aromatic rings. The zero-order chi connectivity index (χ0) is 17.7. The van der Waals surface area contributed by atoms with Gasteiger partial charge in [-0.1, -0.05) is 19.9 Å². The van der Waals surface area contributed by atoms with Gasteiger partial charge in [0.05, 0.1) is 0 Å². The van der Waals surface area contributed by atoms with Crippen molar-refractivity contribution >= 4 is 5.91 Å². The summed E-state index contributed by atoms with van der Waals surface area (Å²) in [7, 11) is 0. The van der Waals surface area contributed by atoms with Crippen LogP contribution in [-0.4, -0.2) is 38.8 Å². The second-order valence-electron chi connectivity index (χ2n) is 7.75. The van der Waals surface area contributed by atoms with Crippen molar-refractivity contribution in [3.05, 3.63) is 23.8 Å². The van der Waals surface area contributed by atoms with Crippen molar-refractivity contribution in [3.63, 3.8) is 0 Å². The number of fused-ring (bicyclic) bond motifs is 1. The first-order chi connectivity index (χ1) is 12.0. The van der Waals surface area contributed by atoms with E-state index >= 15 is 0 Å². The van der Waals surface area contributed by atoms with Crippen LogP contribution in [0.25, 0.3) is 0 Å². The van der Waals surface area contributed by atoms with Gasteiger partial charge in [0.1, 0.15) is 13.2 Å². The van der Waals surface area contributed by atoms with E-state index in [1.165, 1.54) is 12.8 Å². The van der Waals surface area contributed by atoms with Gasteiger partial charge in [0.2, 0.25) is 5.91 Å². The summed E-state index contributed by atoms with van der Waals surface area (Å²) in [6.07, 6.45) is 4.01. The molecule has 2 heterocycles. The number of carbonyl (C=O) groups is 1. The van der Waals surface area contributed by atoms with Crippen molar-refractivity contribution in [2.24, 2.45) is 5.92 Å².